The predicted octanol–water partition coefficient (Wildman–Crippen LogP) is 1.18. The highest BCUT2D eigenvalue weighted by Gasteiger charge is 2.32. The van der Waals surface area contributed by atoms with Crippen molar-refractivity contribution in [2.24, 2.45) is 11.5 Å². The molecule has 0 bridgehead atoms. The van der Waals surface area contributed by atoms with Gasteiger partial charge in [0.15, 0.2) is 23.1 Å². The molecular weight excluding hydrogens is 521 g/mol. The third kappa shape index (κ3) is 5.47. The average molecular weight is 547 g/mol. The van der Waals surface area contributed by atoms with Gasteiger partial charge in [0.05, 0.1) is 23.2 Å². The van der Waals surface area contributed by atoms with Gasteiger partial charge in [0.25, 0.3) is 0 Å². The summed E-state index contributed by atoms with van der Waals surface area (Å²) in [5.74, 6) is -5.98. The Balaban J connectivity index is 1.78. The SMILES string of the molecule is C[C@H](N)C(=O)C[C@H](N)C(=O)NC1CCCN1c1nc2c(cc1F)c(=O)c(C(=O)O)cn2-c1ccc(F)cc1F. The number of Topliss-reactive ketones (excluding diaryl/α,β-unsaturated/α-hetero) is 1. The first-order valence-corrected chi connectivity index (χ1v) is 11.9. The fraction of sp³-hybridized carbons (Fsp3) is 0.320. The van der Waals surface area contributed by atoms with Crippen molar-refractivity contribution in [1.82, 2.24) is 14.9 Å². The van der Waals surface area contributed by atoms with E-state index in [4.69, 9.17) is 11.5 Å². The van der Waals surface area contributed by atoms with Crippen molar-refractivity contribution < 1.29 is 32.7 Å². The number of pyridine rings is 2. The van der Waals surface area contributed by atoms with Gasteiger partial charge in [-0.05, 0) is 38.0 Å². The second-order valence-electron chi connectivity index (χ2n) is 9.23. The number of nitrogens with two attached hydrogens (primary N) is 2. The molecular formula is C25H25F3N6O5. The number of carbonyl (C=O) groups is 3. The van der Waals surface area contributed by atoms with Gasteiger partial charge in [-0.25, -0.2) is 22.9 Å². The van der Waals surface area contributed by atoms with E-state index in [0.29, 0.717) is 18.9 Å². The highest BCUT2D eigenvalue weighted by Crippen LogP contribution is 2.29. The van der Waals surface area contributed by atoms with Crippen molar-refractivity contribution in [1.29, 1.82) is 0 Å². The van der Waals surface area contributed by atoms with E-state index >= 15 is 4.39 Å². The first-order chi connectivity index (χ1) is 18.4. The maximum Gasteiger partial charge on any atom is 0.341 e. The number of nitrogens with zero attached hydrogens (tertiary/aromatic N) is 3. The molecule has 1 aliphatic rings. The fourth-order valence-corrected chi connectivity index (χ4v) is 4.37. The lowest BCUT2D eigenvalue weighted by molar-refractivity contribution is -0.127. The van der Waals surface area contributed by atoms with Crippen molar-refractivity contribution >= 4 is 34.5 Å². The Kier molecular flexibility index (Phi) is 7.70. The van der Waals surface area contributed by atoms with Crippen LogP contribution in [0.15, 0.2) is 35.3 Å². The molecule has 1 fully saturated rings. The zero-order chi connectivity index (χ0) is 28.6. The lowest BCUT2D eigenvalue weighted by Crippen LogP contribution is -2.51. The van der Waals surface area contributed by atoms with E-state index in [9.17, 15) is 33.1 Å². The summed E-state index contributed by atoms with van der Waals surface area (Å²) in [6.45, 7) is 1.70. The largest absolute Gasteiger partial charge is 0.477 e. The summed E-state index contributed by atoms with van der Waals surface area (Å²) in [5.41, 5.74) is 8.92. The van der Waals surface area contributed by atoms with Crippen LogP contribution in [0.5, 0.6) is 0 Å². The first-order valence-electron chi connectivity index (χ1n) is 11.9. The van der Waals surface area contributed by atoms with Crippen LogP contribution in [0.1, 0.15) is 36.5 Å². The average Bonchev–Trinajstić information content (AvgIpc) is 3.32. The second kappa shape index (κ2) is 10.8. The van der Waals surface area contributed by atoms with Gasteiger partial charge in [-0.3, -0.25) is 19.0 Å². The monoisotopic (exact) mass is 546 g/mol. The first kappa shape index (κ1) is 27.7. The number of aromatic nitrogens is 2. The van der Waals surface area contributed by atoms with Crippen molar-refractivity contribution in [3.63, 3.8) is 0 Å². The Morgan fingerprint density at radius 2 is 1.90 bits per heavy atom. The summed E-state index contributed by atoms with van der Waals surface area (Å²) < 4.78 is 44.5. The molecule has 1 amide bonds. The van der Waals surface area contributed by atoms with Crippen molar-refractivity contribution in [3.05, 3.63) is 63.7 Å². The molecule has 0 saturated carbocycles. The minimum absolute atomic E-state index is 0.233. The van der Waals surface area contributed by atoms with Crippen LogP contribution in [0.25, 0.3) is 16.7 Å². The van der Waals surface area contributed by atoms with E-state index in [0.717, 1.165) is 29.0 Å². The number of carbonyl (C=O) groups excluding carboxylic acids is 2. The minimum atomic E-state index is -1.64. The third-order valence-corrected chi connectivity index (χ3v) is 6.41. The Bertz CT molecular complexity index is 1540. The second-order valence-corrected chi connectivity index (χ2v) is 9.23. The van der Waals surface area contributed by atoms with Gasteiger partial charge in [0.1, 0.15) is 23.4 Å². The molecule has 3 aromatic rings. The molecule has 1 aromatic carbocycles. The summed E-state index contributed by atoms with van der Waals surface area (Å²) in [6.07, 6.45) is 0.635. The molecule has 4 rings (SSSR count). The minimum Gasteiger partial charge on any atom is -0.477 e. The van der Waals surface area contributed by atoms with E-state index < -0.39 is 69.7 Å². The molecule has 39 heavy (non-hydrogen) atoms. The summed E-state index contributed by atoms with van der Waals surface area (Å²) in [4.78, 5) is 54.7. The van der Waals surface area contributed by atoms with E-state index in [2.05, 4.69) is 10.3 Å². The summed E-state index contributed by atoms with van der Waals surface area (Å²) in [7, 11) is 0. The molecule has 0 aliphatic carbocycles. The van der Waals surface area contributed by atoms with Crippen LogP contribution in [0.2, 0.25) is 0 Å². The molecule has 6 N–H and O–H groups in total. The fourth-order valence-electron chi connectivity index (χ4n) is 4.37. The molecule has 3 heterocycles. The van der Waals surface area contributed by atoms with Crippen molar-refractivity contribution in [2.75, 3.05) is 11.4 Å². The van der Waals surface area contributed by atoms with Gasteiger partial charge >= 0.3 is 5.97 Å². The summed E-state index contributed by atoms with van der Waals surface area (Å²) in [6, 6.07) is 1.31. The Morgan fingerprint density at radius 3 is 2.54 bits per heavy atom. The van der Waals surface area contributed by atoms with Crippen LogP contribution >= 0.6 is 0 Å². The zero-order valence-corrected chi connectivity index (χ0v) is 20.7. The van der Waals surface area contributed by atoms with Gasteiger partial charge in [0, 0.05) is 25.2 Å². The van der Waals surface area contributed by atoms with E-state index in [1.165, 1.54) is 11.8 Å². The van der Waals surface area contributed by atoms with Gasteiger partial charge < -0.3 is 26.8 Å². The van der Waals surface area contributed by atoms with Crippen LogP contribution in [0.3, 0.4) is 0 Å². The molecule has 0 spiro atoms. The number of fused-ring (bicyclic) bond motifs is 1. The quantitative estimate of drug-likeness (QED) is 0.323. The maximum absolute atomic E-state index is 15.4. The molecule has 1 aliphatic heterocycles. The number of halogens is 3. The van der Waals surface area contributed by atoms with Crippen LogP contribution in [0.4, 0.5) is 19.0 Å². The number of amides is 1. The number of rotatable bonds is 8. The molecule has 2 aromatic heterocycles. The molecule has 1 unspecified atom stereocenters. The van der Waals surface area contributed by atoms with Gasteiger partial charge in [-0.2, -0.15) is 0 Å². The predicted molar refractivity (Wildman–Crippen MR) is 134 cm³/mol. The van der Waals surface area contributed by atoms with Crippen LogP contribution in [-0.4, -0.2) is 57.1 Å². The van der Waals surface area contributed by atoms with Crippen LogP contribution < -0.4 is 27.1 Å². The maximum atomic E-state index is 15.4. The lowest BCUT2D eigenvalue weighted by Gasteiger charge is -2.28. The molecule has 3 atom stereocenters. The smallest absolute Gasteiger partial charge is 0.341 e. The normalized spacial score (nSPS) is 16.8. The number of carboxylic acid groups (broad SMARTS) is 1. The number of hydrogen-bond donors (Lipinski definition) is 4. The topological polar surface area (TPSA) is 174 Å². The number of carboxylic acids is 1. The summed E-state index contributed by atoms with van der Waals surface area (Å²) in [5, 5.41) is 11.7. The molecule has 14 heteroatoms. The van der Waals surface area contributed by atoms with E-state index in [-0.39, 0.29) is 30.1 Å². The number of nitrogens with one attached hydrogen (secondary N) is 1. The highest BCUT2D eigenvalue weighted by molar-refractivity contribution is 5.93. The van der Waals surface area contributed by atoms with Crippen molar-refractivity contribution in [2.45, 2.75) is 44.4 Å². The van der Waals surface area contributed by atoms with Gasteiger partial charge in [-0.15, -0.1) is 0 Å². The zero-order valence-electron chi connectivity index (χ0n) is 20.7. The lowest BCUT2D eigenvalue weighted by atomic mass is 10.1. The molecule has 1 saturated heterocycles. The van der Waals surface area contributed by atoms with Crippen LogP contribution in [-0.2, 0) is 9.59 Å². The molecule has 206 valence electrons. The van der Waals surface area contributed by atoms with Gasteiger partial charge in [-0.1, -0.05) is 0 Å². The highest BCUT2D eigenvalue weighted by atomic mass is 19.1. The summed E-state index contributed by atoms with van der Waals surface area (Å²) >= 11 is 0. The Morgan fingerprint density at radius 1 is 1.18 bits per heavy atom. The van der Waals surface area contributed by atoms with Gasteiger partial charge in [0.2, 0.25) is 11.3 Å². The van der Waals surface area contributed by atoms with E-state index in [1.807, 2.05) is 0 Å². The number of hydrogen-bond acceptors (Lipinski definition) is 8. The number of anilines is 1. The molecule has 11 nitrogen and oxygen atoms in total. The van der Waals surface area contributed by atoms with Crippen LogP contribution in [0, 0.1) is 17.5 Å². The van der Waals surface area contributed by atoms with Crippen molar-refractivity contribution in [3.8, 4) is 5.69 Å². The number of aromatic carboxylic acids is 1. The third-order valence-electron chi connectivity index (χ3n) is 6.41. The standard InChI is InChI=1S/C25H25F3N6O5/c1-11(29)19(35)9-17(30)24(37)31-20-3-2-6-33(20)23-16(28)8-13-21(36)14(25(38)39)10-34(22(13)32-23)18-5-4-12(26)7-15(18)27/h4-5,7-8,10-11,17,20H,2-3,6,9,29-30H2,1H3,(H,31,37)(H,38,39)/t11-,17-,20?/m0/s1. The molecule has 0 radical (unpaired) electrons. The Labute approximate surface area is 219 Å². The Hall–Kier alpha value is -4.30. The number of ketones is 1. The number of benzene rings is 1. The van der Waals surface area contributed by atoms with E-state index in [1.54, 1.807) is 0 Å².